The van der Waals surface area contributed by atoms with Crippen molar-refractivity contribution < 1.29 is 9.90 Å². The summed E-state index contributed by atoms with van der Waals surface area (Å²) >= 11 is 6.03. The molecule has 1 aliphatic rings. The third-order valence-corrected chi connectivity index (χ3v) is 3.48. The van der Waals surface area contributed by atoms with Crippen molar-refractivity contribution in [1.29, 1.82) is 0 Å². The zero-order valence-electron chi connectivity index (χ0n) is 8.24. The Labute approximate surface area is 93.1 Å². The highest BCUT2D eigenvalue weighted by Gasteiger charge is 2.44. The second-order valence-electron chi connectivity index (χ2n) is 3.95. The van der Waals surface area contributed by atoms with Crippen molar-refractivity contribution in [3.05, 3.63) is 29.0 Å². The molecule has 0 amide bonds. The molecule has 0 aromatic carbocycles. The van der Waals surface area contributed by atoms with Crippen LogP contribution in [0.4, 0.5) is 0 Å². The minimum atomic E-state index is -0.800. The average Bonchev–Trinajstić information content (AvgIpc) is 2.68. The molecule has 1 fully saturated rings. The van der Waals surface area contributed by atoms with E-state index >= 15 is 0 Å². The zero-order chi connectivity index (χ0) is 10.9. The van der Waals surface area contributed by atoms with Gasteiger partial charge in [-0.2, -0.15) is 0 Å². The molecule has 0 aliphatic heterocycles. The Hall–Kier alpha value is -1.09. The maximum absolute atomic E-state index is 11.4. The van der Waals surface area contributed by atoms with Crippen LogP contribution in [0.25, 0.3) is 0 Å². The maximum atomic E-state index is 11.4. The first-order valence-electron chi connectivity index (χ1n) is 5.00. The largest absolute Gasteiger partial charge is 0.481 e. The Bertz CT molecular complexity index is 386. The second-order valence-corrected chi connectivity index (χ2v) is 4.36. The highest BCUT2D eigenvalue weighted by Crippen LogP contribution is 2.43. The van der Waals surface area contributed by atoms with Crippen LogP contribution >= 0.6 is 11.6 Å². The van der Waals surface area contributed by atoms with Crippen LogP contribution in [0.1, 0.15) is 31.2 Å². The van der Waals surface area contributed by atoms with E-state index in [9.17, 15) is 9.90 Å². The van der Waals surface area contributed by atoms with Gasteiger partial charge in [-0.25, -0.2) is 0 Å². The summed E-state index contributed by atoms with van der Waals surface area (Å²) in [5.41, 5.74) is -0.137. The van der Waals surface area contributed by atoms with E-state index in [2.05, 4.69) is 4.98 Å². The van der Waals surface area contributed by atoms with E-state index in [-0.39, 0.29) is 0 Å². The predicted molar refractivity (Wildman–Crippen MR) is 57.0 cm³/mol. The van der Waals surface area contributed by atoms with Crippen LogP contribution in [0.15, 0.2) is 18.5 Å². The standard InChI is InChI=1S/C11H12ClNO2/c12-9-3-6-13-7-8(9)11(10(14)15)4-1-2-5-11/h3,6-7H,1-2,4-5H2,(H,14,15). The van der Waals surface area contributed by atoms with Gasteiger partial charge in [0.05, 0.1) is 5.41 Å². The van der Waals surface area contributed by atoms with Crippen LogP contribution in [0.5, 0.6) is 0 Å². The van der Waals surface area contributed by atoms with E-state index in [1.54, 1.807) is 18.5 Å². The van der Waals surface area contributed by atoms with Crippen LogP contribution < -0.4 is 0 Å². The molecule has 1 saturated carbocycles. The van der Waals surface area contributed by atoms with Crippen molar-refractivity contribution in [3.8, 4) is 0 Å². The number of hydrogen-bond acceptors (Lipinski definition) is 2. The molecule has 3 nitrogen and oxygen atoms in total. The normalized spacial score (nSPS) is 19.0. The summed E-state index contributed by atoms with van der Waals surface area (Å²) in [5.74, 6) is -0.782. The number of carboxylic acids is 1. The van der Waals surface area contributed by atoms with E-state index in [0.717, 1.165) is 12.8 Å². The van der Waals surface area contributed by atoms with Crippen LogP contribution in [0.3, 0.4) is 0 Å². The van der Waals surface area contributed by atoms with Crippen LogP contribution in [0.2, 0.25) is 5.02 Å². The van der Waals surface area contributed by atoms with E-state index in [4.69, 9.17) is 11.6 Å². The first kappa shape index (κ1) is 10.4. The molecule has 0 bridgehead atoms. The van der Waals surface area contributed by atoms with Gasteiger partial charge in [-0.1, -0.05) is 24.4 Å². The first-order chi connectivity index (χ1) is 7.17. The molecule has 0 radical (unpaired) electrons. The zero-order valence-corrected chi connectivity index (χ0v) is 9.00. The molecule has 80 valence electrons. The second kappa shape index (κ2) is 3.81. The van der Waals surface area contributed by atoms with E-state index in [0.29, 0.717) is 23.4 Å². The summed E-state index contributed by atoms with van der Waals surface area (Å²) in [6.07, 6.45) is 6.37. The number of rotatable bonds is 2. The molecule has 0 atom stereocenters. The van der Waals surface area contributed by atoms with E-state index < -0.39 is 11.4 Å². The average molecular weight is 226 g/mol. The molecule has 15 heavy (non-hydrogen) atoms. The fourth-order valence-corrected chi connectivity index (χ4v) is 2.59. The van der Waals surface area contributed by atoms with Crippen molar-refractivity contribution in [3.63, 3.8) is 0 Å². The molecule has 0 saturated heterocycles. The van der Waals surface area contributed by atoms with Gasteiger partial charge in [0, 0.05) is 23.0 Å². The Morgan fingerprint density at radius 3 is 2.67 bits per heavy atom. The van der Waals surface area contributed by atoms with Gasteiger partial charge in [0.25, 0.3) is 0 Å². The van der Waals surface area contributed by atoms with Crippen molar-refractivity contribution >= 4 is 17.6 Å². The van der Waals surface area contributed by atoms with Gasteiger partial charge in [-0.3, -0.25) is 9.78 Å². The number of halogens is 1. The maximum Gasteiger partial charge on any atom is 0.314 e. The van der Waals surface area contributed by atoms with Gasteiger partial charge in [-0.05, 0) is 18.9 Å². The first-order valence-corrected chi connectivity index (χ1v) is 5.38. The molecule has 2 rings (SSSR count). The molecular weight excluding hydrogens is 214 g/mol. The Balaban J connectivity index is 2.50. The Kier molecular flexibility index (Phi) is 2.65. The van der Waals surface area contributed by atoms with Crippen molar-refractivity contribution in [1.82, 2.24) is 4.98 Å². The van der Waals surface area contributed by atoms with Gasteiger partial charge in [0.15, 0.2) is 0 Å². The molecule has 0 spiro atoms. The SMILES string of the molecule is O=C(O)C1(c2cnccc2Cl)CCCC1. The molecule has 1 N–H and O–H groups in total. The van der Waals surface area contributed by atoms with Crippen LogP contribution in [-0.2, 0) is 10.2 Å². The summed E-state index contributed by atoms with van der Waals surface area (Å²) in [5, 5.41) is 9.86. The molecule has 1 aliphatic carbocycles. The lowest BCUT2D eigenvalue weighted by atomic mass is 9.80. The van der Waals surface area contributed by atoms with Crippen LogP contribution in [-0.4, -0.2) is 16.1 Å². The third-order valence-electron chi connectivity index (χ3n) is 3.15. The summed E-state index contributed by atoms with van der Waals surface area (Å²) < 4.78 is 0. The van der Waals surface area contributed by atoms with Gasteiger partial charge in [0.2, 0.25) is 0 Å². The number of pyridine rings is 1. The highest BCUT2D eigenvalue weighted by molar-refractivity contribution is 6.31. The van der Waals surface area contributed by atoms with Crippen molar-refractivity contribution in [2.24, 2.45) is 0 Å². The monoisotopic (exact) mass is 225 g/mol. The van der Waals surface area contributed by atoms with Gasteiger partial charge >= 0.3 is 5.97 Å². The highest BCUT2D eigenvalue weighted by atomic mass is 35.5. The molecule has 1 aromatic rings. The number of carbonyl (C=O) groups is 1. The van der Waals surface area contributed by atoms with Gasteiger partial charge < -0.3 is 5.11 Å². The van der Waals surface area contributed by atoms with Gasteiger partial charge in [0.1, 0.15) is 0 Å². The predicted octanol–water partition coefficient (Wildman–Crippen LogP) is 2.63. The molecular formula is C11H12ClNO2. The molecule has 1 aromatic heterocycles. The number of carboxylic acid groups (broad SMARTS) is 1. The third kappa shape index (κ3) is 1.61. The fourth-order valence-electron chi connectivity index (χ4n) is 2.31. The fraction of sp³-hybridized carbons (Fsp3) is 0.455. The number of aromatic nitrogens is 1. The summed E-state index contributed by atoms with van der Waals surface area (Å²) in [6, 6.07) is 1.65. The lowest BCUT2D eigenvalue weighted by molar-refractivity contribution is -0.143. The molecule has 4 heteroatoms. The quantitative estimate of drug-likeness (QED) is 0.842. The lowest BCUT2D eigenvalue weighted by Gasteiger charge is -2.24. The van der Waals surface area contributed by atoms with Gasteiger partial charge in [-0.15, -0.1) is 0 Å². The minimum absolute atomic E-state index is 0.509. The van der Waals surface area contributed by atoms with Crippen molar-refractivity contribution in [2.45, 2.75) is 31.1 Å². The topological polar surface area (TPSA) is 50.2 Å². The molecule has 0 unspecified atom stereocenters. The minimum Gasteiger partial charge on any atom is -0.481 e. The summed E-state index contributed by atoms with van der Waals surface area (Å²) in [6.45, 7) is 0. The smallest absolute Gasteiger partial charge is 0.314 e. The number of aliphatic carboxylic acids is 1. The van der Waals surface area contributed by atoms with Crippen molar-refractivity contribution in [2.75, 3.05) is 0 Å². The Morgan fingerprint density at radius 1 is 1.47 bits per heavy atom. The van der Waals surface area contributed by atoms with E-state index in [1.807, 2.05) is 0 Å². The number of nitrogens with zero attached hydrogens (tertiary/aromatic N) is 1. The lowest BCUT2D eigenvalue weighted by Crippen LogP contribution is -2.33. The van der Waals surface area contributed by atoms with E-state index in [1.165, 1.54) is 0 Å². The number of hydrogen-bond donors (Lipinski definition) is 1. The Morgan fingerprint density at radius 2 is 2.13 bits per heavy atom. The van der Waals surface area contributed by atoms with Crippen LogP contribution in [0, 0.1) is 0 Å². The summed E-state index contributed by atoms with van der Waals surface area (Å²) in [4.78, 5) is 15.4. The molecule has 1 heterocycles. The summed E-state index contributed by atoms with van der Waals surface area (Å²) in [7, 11) is 0.